The van der Waals surface area contributed by atoms with Crippen molar-refractivity contribution in [3.63, 3.8) is 0 Å². The molecular weight excluding hydrogens is 166 g/mol. The third kappa shape index (κ3) is 9.34. The average molecular weight is 187 g/mol. The first-order chi connectivity index (χ1) is 6.31. The molecule has 0 bridgehead atoms. The highest BCUT2D eigenvalue weighted by Gasteiger charge is 1.94. The average Bonchev–Trinajstić information content (AvgIpc) is 2.16. The first kappa shape index (κ1) is 12.4. The molecule has 0 aliphatic heterocycles. The van der Waals surface area contributed by atoms with Gasteiger partial charge in [0.1, 0.15) is 0 Å². The maximum Gasteiger partial charge on any atom is 0.219 e. The molecule has 0 spiro atoms. The Labute approximate surface area is 80.8 Å². The van der Waals surface area contributed by atoms with Gasteiger partial charge in [-0.3, -0.25) is 4.79 Å². The van der Waals surface area contributed by atoms with Crippen LogP contribution in [0, 0.1) is 0 Å². The van der Waals surface area contributed by atoms with Crippen molar-refractivity contribution >= 4 is 5.91 Å². The Hall–Kier alpha value is -0.570. The lowest BCUT2D eigenvalue weighted by molar-refractivity contribution is -0.120. The van der Waals surface area contributed by atoms with Gasteiger partial charge in [-0.25, -0.2) is 0 Å². The molecule has 0 radical (unpaired) electrons. The number of carbonyl (C=O) groups excluding carboxylic acids is 1. The Morgan fingerprint density at radius 2 is 2.00 bits per heavy atom. The van der Waals surface area contributed by atoms with Crippen LogP contribution in [-0.2, 0) is 9.53 Å². The zero-order chi connectivity index (χ0) is 9.94. The van der Waals surface area contributed by atoms with Crippen molar-refractivity contribution in [2.24, 2.45) is 0 Å². The molecule has 0 heterocycles. The summed E-state index contributed by atoms with van der Waals surface area (Å²) in [5.74, 6) is 0.143. The lowest BCUT2D eigenvalue weighted by atomic mass is 10.2. The second-order valence-corrected chi connectivity index (χ2v) is 2.96. The monoisotopic (exact) mass is 187 g/mol. The molecule has 0 rings (SSSR count). The highest BCUT2D eigenvalue weighted by Crippen LogP contribution is 1.94. The molecule has 1 amide bonds. The van der Waals surface area contributed by atoms with Gasteiger partial charge in [-0.1, -0.05) is 6.92 Å². The van der Waals surface area contributed by atoms with Gasteiger partial charge in [0.25, 0.3) is 0 Å². The van der Waals surface area contributed by atoms with E-state index in [0.29, 0.717) is 6.42 Å². The Morgan fingerprint density at radius 1 is 1.23 bits per heavy atom. The van der Waals surface area contributed by atoms with Crippen LogP contribution in [0.4, 0.5) is 0 Å². The summed E-state index contributed by atoms with van der Waals surface area (Å²) >= 11 is 0. The standard InChI is InChI=1S/C10H21NO2/c1-3-10(12)11-8-6-5-7-9-13-4-2/h3-9H2,1-2H3,(H,11,12). The molecule has 3 heteroatoms. The largest absolute Gasteiger partial charge is 0.382 e. The number of hydrogen-bond donors (Lipinski definition) is 1. The minimum Gasteiger partial charge on any atom is -0.382 e. The maximum atomic E-state index is 10.8. The fourth-order valence-corrected chi connectivity index (χ4v) is 1.00. The van der Waals surface area contributed by atoms with Crippen molar-refractivity contribution in [3.8, 4) is 0 Å². The van der Waals surface area contributed by atoms with Gasteiger partial charge in [0.2, 0.25) is 5.91 Å². The van der Waals surface area contributed by atoms with Crippen LogP contribution in [0.5, 0.6) is 0 Å². The molecule has 1 N–H and O–H groups in total. The van der Waals surface area contributed by atoms with E-state index in [0.717, 1.165) is 39.0 Å². The normalized spacial score (nSPS) is 10.0. The molecule has 0 aromatic carbocycles. The maximum absolute atomic E-state index is 10.8. The molecule has 0 aromatic rings. The van der Waals surface area contributed by atoms with E-state index in [2.05, 4.69) is 5.32 Å². The van der Waals surface area contributed by atoms with Gasteiger partial charge in [0.15, 0.2) is 0 Å². The van der Waals surface area contributed by atoms with Crippen LogP contribution in [0.1, 0.15) is 39.5 Å². The van der Waals surface area contributed by atoms with Crippen LogP contribution in [0.25, 0.3) is 0 Å². The summed E-state index contributed by atoms with van der Waals surface area (Å²) in [6, 6.07) is 0. The van der Waals surface area contributed by atoms with Gasteiger partial charge < -0.3 is 10.1 Å². The summed E-state index contributed by atoms with van der Waals surface area (Å²) in [7, 11) is 0. The van der Waals surface area contributed by atoms with Gasteiger partial charge in [0, 0.05) is 26.2 Å². The number of rotatable bonds is 8. The van der Waals surface area contributed by atoms with E-state index in [4.69, 9.17) is 4.74 Å². The fourth-order valence-electron chi connectivity index (χ4n) is 1.00. The molecular formula is C10H21NO2. The quantitative estimate of drug-likeness (QED) is 0.588. The summed E-state index contributed by atoms with van der Waals surface area (Å²) in [5, 5.41) is 2.84. The van der Waals surface area contributed by atoms with Crippen LogP contribution >= 0.6 is 0 Å². The zero-order valence-electron chi connectivity index (χ0n) is 8.77. The van der Waals surface area contributed by atoms with Gasteiger partial charge in [-0.05, 0) is 26.2 Å². The number of amides is 1. The van der Waals surface area contributed by atoms with Crippen molar-refractivity contribution in [1.29, 1.82) is 0 Å². The Balaban J connectivity index is 2.95. The third-order valence-electron chi connectivity index (χ3n) is 1.81. The molecule has 0 saturated carbocycles. The van der Waals surface area contributed by atoms with E-state index in [1.165, 1.54) is 0 Å². The molecule has 0 aromatic heterocycles. The number of ether oxygens (including phenoxy) is 1. The molecule has 0 atom stereocenters. The van der Waals surface area contributed by atoms with Crippen LogP contribution in [0.3, 0.4) is 0 Å². The van der Waals surface area contributed by atoms with Gasteiger partial charge >= 0.3 is 0 Å². The van der Waals surface area contributed by atoms with E-state index in [1.807, 2.05) is 13.8 Å². The van der Waals surface area contributed by atoms with Crippen LogP contribution in [0.15, 0.2) is 0 Å². The van der Waals surface area contributed by atoms with Crippen molar-refractivity contribution in [3.05, 3.63) is 0 Å². The second kappa shape index (κ2) is 9.52. The Kier molecular flexibility index (Phi) is 9.10. The summed E-state index contributed by atoms with van der Waals surface area (Å²) in [5.41, 5.74) is 0. The summed E-state index contributed by atoms with van der Waals surface area (Å²) in [6.07, 6.45) is 3.86. The lowest BCUT2D eigenvalue weighted by Crippen LogP contribution is -2.23. The molecule has 0 unspecified atom stereocenters. The minimum atomic E-state index is 0.143. The van der Waals surface area contributed by atoms with Gasteiger partial charge in [0.05, 0.1) is 0 Å². The zero-order valence-corrected chi connectivity index (χ0v) is 8.77. The lowest BCUT2D eigenvalue weighted by Gasteiger charge is -2.03. The van der Waals surface area contributed by atoms with E-state index < -0.39 is 0 Å². The van der Waals surface area contributed by atoms with Gasteiger partial charge in [-0.15, -0.1) is 0 Å². The smallest absolute Gasteiger partial charge is 0.219 e. The Bertz CT molecular complexity index is 126. The SMILES string of the molecule is CCOCCCCCNC(=O)CC. The van der Waals surface area contributed by atoms with Crippen molar-refractivity contribution in [1.82, 2.24) is 5.32 Å². The first-order valence-electron chi connectivity index (χ1n) is 5.15. The van der Waals surface area contributed by atoms with Crippen molar-refractivity contribution < 1.29 is 9.53 Å². The molecule has 78 valence electrons. The third-order valence-corrected chi connectivity index (χ3v) is 1.81. The van der Waals surface area contributed by atoms with E-state index in [9.17, 15) is 4.79 Å². The molecule has 13 heavy (non-hydrogen) atoms. The van der Waals surface area contributed by atoms with Crippen molar-refractivity contribution in [2.45, 2.75) is 39.5 Å². The predicted octanol–water partition coefficient (Wildman–Crippen LogP) is 1.72. The molecule has 0 saturated heterocycles. The molecule has 3 nitrogen and oxygen atoms in total. The highest BCUT2D eigenvalue weighted by molar-refractivity contribution is 5.75. The minimum absolute atomic E-state index is 0.143. The molecule has 0 aliphatic rings. The highest BCUT2D eigenvalue weighted by atomic mass is 16.5. The van der Waals surface area contributed by atoms with E-state index in [-0.39, 0.29) is 5.91 Å². The van der Waals surface area contributed by atoms with Crippen LogP contribution < -0.4 is 5.32 Å². The van der Waals surface area contributed by atoms with Gasteiger partial charge in [-0.2, -0.15) is 0 Å². The Morgan fingerprint density at radius 3 is 2.62 bits per heavy atom. The topological polar surface area (TPSA) is 38.3 Å². The predicted molar refractivity (Wildman–Crippen MR) is 53.6 cm³/mol. The summed E-state index contributed by atoms with van der Waals surface area (Å²) < 4.78 is 5.19. The van der Waals surface area contributed by atoms with E-state index >= 15 is 0 Å². The number of hydrogen-bond acceptors (Lipinski definition) is 2. The van der Waals surface area contributed by atoms with E-state index in [1.54, 1.807) is 0 Å². The second-order valence-electron chi connectivity index (χ2n) is 2.96. The number of nitrogens with one attached hydrogen (secondary N) is 1. The number of carbonyl (C=O) groups is 1. The summed E-state index contributed by atoms with van der Waals surface area (Å²) in [6.45, 7) is 6.31. The van der Waals surface area contributed by atoms with Crippen LogP contribution in [0.2, 0.25) is 0 Å². The van der Waals surface area contributed by atoms with Crippen molar-refractivity contribution in [2.75, 3.05) is 19.8 Å². The molecule has 0 aliphatic carbocycles. The number of unbranched alkanes of at least 4 members (excludes halogenated alkanes) is 2. The summed E-state index contributed by atoms with van der Waals surface area (Å²) in [4.78, 5) is 10.8. The fraction of sp³-hybridized carbons (Fsp3) is 0.900. The van der Waals surface area contributed by atoms with Crippen LogP contribution in [-0.4, -0.2) is 25.7 Å². The first-order valence-corrected chi connectivity index (χ1v) is 5.15. The molecule has 0 fully saturated rings.